The minimum absolute atomic E-state index is 0. The second-order valence-corrected chi connectivity index (χ2v) is 6.26. The number of methoxy groups -OCH3 is 1. The molecule has 0 aliphatic carbocycles. The van der Waals surface area contributed by atoms with Crippen LogP contribution in [0.5, 0.6) is 0 Å². The van der Waals surface area contributed by atoms with Gasteiger partial charge >= 0.3 is 0 Å². The first-order chi connectivity index (χ1) is 11.5. The third-order valence-corrected chi connectivity index (χ3v) is 4.05. The lowest BCUT2D eigenvalue weighted by Gasteiger charge is -2.36. The van der Waals surface area contributed by atoms with E-state index in [2.05, 4.69) is 29.0 Å². The third-order valence-electron chi connectivity index (χ3n) is 4.05. The molecule has 1 amide bonds. The zero-order valence-electron chi connectivity index (χ0n) is 15.5. The van der Waals surface area contributed by atoms with E-state index in [4.69, 9.17) is 15.2 Å². The van der Waals surface area contributed by atoms with Crippen molar-refractivity contribution in [2.75, 3.05) is 31.6 Å². The van der Waals surface area contributed by atoms with Crippen LogP contribution < -0.4 is 16.0 Å². The summed E-state index contributed by atoms with van der Waals surface area (Å²) in [4.78, 5) is 18.6. The first kappa shape index (κ1) is 24.9. The molecular weight excluding hydrogens is 379 g/mol. The van der Waals surface area contributed by atoms with Crippen molar-refractivity contribution in [3.05, 3.63) is 23.9 Å². The quantitative estimate of drug-likeness (QED) is 0.710. The van der Waals surface area contributed by atoms with Gasteiger partial charge in [-0.25, -0.2) is 4.98 Å². The maximum absolute atomic E-state index is 11.8. The van der Waals surface area contributed by atoms with Gasteiger partial charge in [0.15, 0.2) is 0 Å². The monoisotopic (exact) mass is 408 g/mol. The van der Waals surface area contributed by atoms with Crippen molar-refractivity contribution in [3.8, 4) is 0 Å². The molecule has 0 saturated carbocycles. The number of hydrogen-bond acceptors (Lipinski definition) is 6. The molecule has 150 valence electrons. The Morgan fingerprint density at radius 1 is 1.38 bits per heavy atom. The Morgan fingerprint density at radius 3 is 2.54 bits per heavy atom. The van der Waals surface area contributed by atoms with E-state index in [9.17, 15) is 4.79 Å². The summed E-state index contributed by atoms with van der Waals surface area (Å²) in [6, 6.07) is 3.98. The number of nitrogens with zero attached hydrogens (tertiary/aromatic N) is 2. The van der Waals surface area contributed by atoms with Gasteiger partial charge in [-0.1, -0.05) is 6.07 Å². The Labute approximate surface area is 167 Å². The lowest BCUT2D eigenvalue weighted by Crippen LogP contribution is -2.45. The first-order valence-electron chi connectivity index (χ1n) is 8.36. The minimum Gasteiger partial charge on any atom is -0.380 e. The van der Waals surface area contributed by atoms with Crippen molar-refractivity contribution in [2.45, 2.75) is 45.1 Å². The van der Waals surface area contributed by atoms with Crippen LogP contribution in [0.15, 0.2) is 18.3 Å². The van der Waals surface area contributed by atoms with Crippen LogP contribution in [0.2, 0.25) is 0 Å². The van der Waals surface area contributed by atoms with E-state index >= 15 is 0 Å². The first-order valence-corrected chi connectivity index (χ1v) is 8.36. The Bertz CT molecular complexity index is 519. The molecule has 2 heterocycles. The van der Waals surface area contributed by atoms with E-state index in [1.807, 2.05) is 12.1 Å². The predicted octanol–water partition coefficient (Wildman–Crippen LogP) is 1.52. The van der Waals surface area contributed by atoms with E-state index in [1.54, 1.807) is 13.3 Å². The molecule has 0 bridgehead atoms. The average molecular weight is 409 g/mol. The zero-order valence-corrected chi connectivity index (χ0v) is 17.1. The van der Waals surface area contributed by atoms with Gasteiger partial charge < -0.3 is 25.4 Å². The minimum atomic E-state index is -0.240. The van der Waals surface area contributed by atoms with Crippen molar-refractivity contribution in [1.29, 1.82) is 0 Å². The summed E-state index contributed by atoms with van der Waals surface area (Å²) in [5.74, 6) is 0.863. The van der Waals surface area contributed by atoms with E-state index in [0.717, 1.165) is 24.5 Å². The molecule has 1 aromatic rings. The van der Waals surface area contributed by atoms with Gasteiger partial charge in [-0.15, -0.1) is 24.8 Å². The maximum Gasteiger partial charge on any atom is 0.222 e. The Morgan fingerprint density at radius 2 is 2.04 bits per heavy atom. The topological polar surface area (TPSA) is 89.7 Å². The highest BCUT2D eigenvalue weighted by molar-refractivity contribution is 5.85. The Balaban J connectivity index is 0.00000312. The molecular formula is C17H30Cl2N4O3. The van der Waals surface area contributed by atoms with Crippen molar-refractivity contribution < 1.29 is 14.3 Å². The van der Waals surface area contributed by atoms with Gasteiger partial charge in [0.05, 0.1) is 24.7 Å². The number of morpholine rings is 1. The van der Waals surface area contributed by atoms with Gasteiger partial charge in [-0.2, -0.15) is 0 Å². The van der Waals surface area contributed by atoms with Crippen LogP contribution >= 0.6 is 24.8 Å². The summed E-state index contributed by atoms with van der Waals surface area (Å²) in [5, 5.41) is 2.86. The lowest BCUT2D eigenvalue weighted by molar-refractivity contribution is -0.123. The number of carbonyl (C=O) groups is 1. The standard InChI is InChI=1S/C17H28N4O3.2ClH/c1-12-10-21(11-13(2)24-12)16-5-4-14(8-19-16)9-20-17(22)6-15(7-18)23-3;;/h4-5,8,12-13,15H,6-7,9-11,18H2,1-3H3,(H,20,22);2*1H. The summed E-state index contributed by atoms with van der Waals surface area (Å²) in [5.41, 5.74) is 6.48. The summed E-state index contributed by atoms with van der Waals surface area (Å²) < 4.78 is 10.8. The molecule has 0 radical (unpaired) electrons. The van der Waals surface area contributed by atoms with Crippen LogP contribution in [-0.2, 0) is 20.8 Å². The van der Waals surface area contributed by atoms with Crippen LogP contribution in [0.3, 0.4) is 0 Å². The Hall–Kier alpha value is -1.12. The van der Waals surface area contributed by atoms with Gasteiger partial charge in [-0.3, -0.25) is 4.79 Å². The molecule has 1 aromatic heterocycles. The van der Waals surface area contributed by atoms with Gasteiger partial charge in [0.1, 0.15) is 5.82 Å². The van der Waals surface area contributed by atoms with E-state index in [0.29, 0.717) is 13.1 Å². The summed E-state index contributed by atoms with van der Waals surface area (Å²) in [6.07, 6.45) is 2.23. The van der Waals surface area contributed by atoms with Crippen LogP contribution in [0.25, 0.3) is 0 Å². The van der Waals surface area contributed by atoms with Crippen LogP contribution in [-0.4, -0.2) is 55.9 Å². The molecule has 1 aliphatic heterocycles. The van der Waals surface area contributed by atoms with Crippen LogP contribution in [0.1, 0.15) is 25.8 Å². The molecule has 3 N–H and O–H groups in total. The molecule has 1 saturated heterocycles. The van der Waals surface area contributed by atoms with E-state index in [1.165, 1.54) is 0 Å². The molecule has 1 aliphatic rings. The number of halogens is 2. The number of rotatable bonds is 7. The Kier molecular flexibility index (Phi) is 11.8. The molecule has 3 atom stereocenters. The van der Waals surface area contributed by atoms with Gasteiger partial charge in [0.25, 0.3) is 0 Å². The molecule has 1 fully saturated rings. The number of pyridine rings is 1. The molecule has 2 rings (SSSR count). The number of amides is 1. The highest BCUT2D eigenvalue weighted by Crippen LogP contribution is 2.18. The van der Waals surface area contributed by atoms with Crippen molar-refractivity contribution in [2.24, 2.45) is 5.73 Å². The number of hydrogen-bond donors (Lipinski definition) is 2. The second kappa shape index (κ2) is 12.3. The maximum atomic E-state index is 11.8. The molecule has 7 nitrogen and oxygen atoms in total. The van der Waals surface area contributed by atoms with E-state index in [-0.39, 0.29) is 55.5 Å². The van der Waals surface area contributed by atoms with Gasteiger partial charge in [-0.05, 0) is 25.5 Å². The summed E-state index contributed by atoms with van der Waals surface area (Å²) in [6.45, 7) is 6.60. The largest absolute Gasteiger partial charge is 0.380 e. The normalized spacial score (nSPS) is 20.5. The fourth-order valence-electron chi connectivity index (χ4n) is 2.82. The molecule has 0 spiro atoms. The number of nitrogens with one attached hydrogen (secondary N) is 1. The number of aromatic nitrogens is 1. The number of ether oxygens (including phenoxy) is 2. The average Bonchev–Trinajstić information content (AvgIpc) is 2.57. The van der Waals surface area contributed by atoms with Gasteiger partial charge in [0, 0.05) is 39.5 Å². The van der Waals surface area contributed by atoms with Crippen molar-refractivity contribution in [1.82, 2.24) is 10.3 Å². The molecule has 0 aromatic carbocycles. The number of anilines is 1. The zero-order chi connectivity index (χ0) is 17.5. The molecule has 26 heavy (non-hydrogen) atoms. The van der Waals surface area contributed by atoms with Crippen LogP contribution in [0, 0.1) is 0 Å². The lowest BCUT2D eigenvalue weighted by atomic mass is 10.2. The number of nitrogens with two attached hydrogens (primary N) is 1. The summed E-state index contributed by atoms with van der Waals surface area (Å²) >= 11 is 0. The summed E-state index contributed by atoms with van der Waals surface area (Å²) in [7, 11) is 1.56. The van der Waals surface area contributed by atoms with Crippen LogP contribution in [0.4, 0.5) is 5.82 Å². The number of carbonyl (C=O) groups excluding carboxylic acids is 1. The fraction of sp³-hybridized carbons (Fsp3) is 0.647. The predicted molar refractivity (Wildman–Crippen MR) is 107 cm³/mol. The SMILES string of the molecule is COC(CN)CC(=O)NCc1ccc(N2CC(C)OC(C)C2)nc1.Cl.Cl. The highest BCUT2D eigenvalue weighted by Gasteiger charge is 2.23. The smallest absolute Gasteiger partial charge is 0.222 e. The molecule has 9 heteroatoms. The van der Waals surface area contributed by atoms with Gasteiger partial charge in [0.2, 0.25) is 5.91 Å². The second-order valence-electron chi connectivity index (χ2n) is 6.26. The van der Waals surface area contributed by atoms with E-state index < -0.39 is 0 Å². The highest BCUT2D eigenvalue weighted by atomic mass is 35.5. The van der Waals surface area contributed by atoms with Crippen molar-refractivity contribution in [3.63, 3.8) is 0 Å². The van der Waals surface area contributed by atoms with Crippen molar-refractivity contribution >= 4 is 36.5 Å². The third kappa shape index (κ3) is 7.63. The molecule has 3 unspecified atom stereocenters. The fourth-order valence-corrected chi connectivity index (χ4v) is 2.82.